The number of methoxy groups -OCH3 is 1. The van der Waals surface area contributed by atoms with E-state index in [1.54, 1.807) is 7.11 Å². The van der Waals surface area contributed by atoms with E-state index in [1.165, 1.54) is 30.4 Å². The lowest BCUT2D eigenvalue weighted by Gasteiger charge is -2.57. The van der Waals surface area contributed by atoms with Crippen LogP contribution in [0.1, 0.15) is 97.5 Å². The second kappa shape index (κ2) is 12.7. The maximum atomic E-state index is 12.9. The Morgan fingerprint density at radius 3 is 2.60 bits per heavy atom. The third-order valence-electron chi connectivity index (χ3n) is 13.8. The van der Waals surface area contributed by atoms with Crippen molar-refractivity contribution in [2.45, 2.75) is 109 Å². The molecular weight excluding hydrogens is 562 g/mol. The number of carbonyl (C=O) groups is 1. The van der Waals surface area contributed by atoms with Gasteiger partial charge in [0.1, 0.15) is 5.75 Å². The van der Waals surface area contributed by atoms with Crippen LogP contribution in [-0.2, 0) is 15.0 Å². The fourth-order valence-electron chi connectivity index (χ4n) is 10.8. The zero-order chi connectivity index (χ0) is 32.0. The number of hydrogen-bond donors (Lipinski definition) is 2. The average Bonchev–Trinajstić information content (AvgIpc) is 3.33. The Morgan fingerprint density at radius 2 is 1.84 bits per heavy atom. The summed E-state index contributed by atoms with van der Waals surface area (Å²) in [5, 5.41) is 18.4. The van der Waals surface area contributed by atoms with E-state index in [4.69, 9.17) is 9.57 Å². The lowest BCUT2D eigenvalue weighted by molar-refractivity contribution is -0.125. The molecule has 3 saturated carbocycles. The van der Waals surface area contributed by atoms with Crippen molar-refractivity contribution in [3.8, 4) is 5.75 Å². The van der Waals surface area contributed by atoms with Gasteiger partial charge in [-0.3, -0.25) is 4.79 Å². The number of nitrogens with zero attached hydrogens (tertiary/aromatic N) is 2. The Balaban J connectivity index is 1.04. The SMILES string of the molecule is COc1ccc([C@]2(CCNC(=O)CO/N=C3\C=C4CC[C@H]5[C@@H]6CC[C@H](O)[C@@]6(C)CC[C@@H]5[C@@]4(C)CC3)C[C@H](C)N(C)C[C@H]2C)cc1. The first-order valence-corrected chi connectivity index (χ1v) is 17.7. The quantitative estimate of drug-likeness (QED) is 0.325. The second-order valence-corrected chi connectivity index (χ2v) is 15.9. The number of benzene rings is 1. The van der Waals surface area contributed by atoms with Gasteiger partial charge in [-0.25, -0.2) is 0 Å². The summed E-state index contributed by atoms with van der Waals surface area (Å²) in [6.07, 6.45) is 13.0. The largest absolute Gasteiger partial charge is 0.497 e. The molecule has 1 aromatic carbocycles. The first-order valence-electron chi connectivity index (χ1n) is 17.7. The minimum atomic E-state index is -0.122. The summed E-state index contributed by atoms with van der Waals surface area (Å²) in [5.41, 5.74) is 4.14. The summed E-state index contributed by atoms with van der Waals surface area (Å²) < 4.78 is 5.42. The smallest absolute Gasteiger partial charge is 0.260 e. The summed E-state index contributed by atoms with van der Waals surface area (Å²) in [4.78, 5) is 21.0. The van der Waals surface area contributed by atoms with Gasteiger partial charge in [-0.1, -0.05) is 43.6 Å². The van der Waals surface area contributed by atoms with E-state index in [-0.39, 0.29) is 34.9 Å². The van der Waals surface area contributed by atoms with Crippen molar-refractivity contribution in [1.82, 2.24) is 10.2 Å². The van der Waals surface area contributed by atoms with Gasteiger partial charge in [-0.2, -0.15) is 0 Å². The van der Waals surface area contributed by atoms with Crippen molar-refractivity contribution in [1.29, 1.82) is 0 Å². The molecule has 45 heavy (non-hydrogen) atoms. The number of nitrogens with one attached hydrogen (secondary N) is 1. The normalized spacial score (nSPS) is 40.6. The average molecular weight is 620 g/mol. The van der Waals surface area contributed by atoms with Gasteiger partial charge < -0.3 is 24.9 Å². The van der Waals surface area contributed by atoms with Crippen LogP contribution in [0.4, 0.5) is 0 Å². The van der Waals surface area contributed by atoms with E-state index in [2.05, 4.69) is 80.5 Å². The molecule has 0 bridgehead atoms. The fraction of sp³-hybridized carbons (Fsp3) is 0.737. The van der Waals surface area contributed by atoms with Crippen molar-refractivity contribution < 1.29 is 19.5 Å². The standard InChI is InChI=1S/C38H57N3O4/c1-25-23-41(5)26(2)22-38(25,27-7-10-30(44-6)11-8-27)19-20-39-35(43)24-45-40-29-15-17-36(3)28(21-29)9-12-31-32-13-14-34(42)37(32,4)18-16-33(31)36/h7-8,10-11,21,25-26,31-34,42H,9,12-20,22-24H2,1-6H3,(H,39,43)/b40-29-/t25-,26+,31+,32+,33+,34+,36+,37+,38-/m1/s1. The van der Waals surface area contributed by atoms with Crippen LogP contribution in [0.25, 0.3) is 0 Å². The molecule has 9 atom stereocenters. The first kappa shape index (κ1) is 32.6. The number of likely N-dealkylation sites (tertiary alicyclic amines) is 1. The lowest BCUT2D eigenvalue weighted by Crippen LogP contribution is -2.52. The number of fused-ring (bicyclic) bond motifs is 5. The number of hydrogen-bond acceptors (Lipinski definition) is 6. The highest BCUT2D eigenvalue weighted by Crippen LogP contribution is 2.65. The van der Waals surface area contributed by atoms with Crippen LogP contribution >= 0.6 is 0 Å². The van der Waals surface area contributed by atoms with Gasteiger partial charge in [0.15, 0.2) is 6.61 Å². The molecule has 1 amide bonds. The van der Waals surface area contributed by atoms with Gasteiger partial charge in [0.25, 0.3) is 5.91 Å². The van der Waals surface area contributed by atoms with Crippen molar-refractivity contribution in [3.05, 3.63) is 41.5 Å². The van der Waals surface area contributed by atoms with Crippen LogP contribution in [0.5, 0.6) is 5.75 Å². The van der Waals surface area contributed by atoms with Gasteiger partial charge in [0, 0.05) is 24.5 Å². The Morgan fingerprint density at radius 1 is 1.07 bits per heavy atom. The van der Waals surface area contributed by atoms with E-state index in [1.807, 2.05) is 0 Å². The molecule has 2 N–H and O–H groups in total. The summed E-state index contributed by atoms with van der Waals surface area (Å²) >= 11 is 0. The summed E-state index contributed by atoms with van der Waals surface area (Å²) in [6, 6.07) is 8.98. The van der Waals surface area contributed by atoms with Crippen LogP contribution < -0.4 is 10.1 Å². The highest BCUT2D eigenvalue weighted by Gasteiger charge is 2.58. The minimum absolute atomic E-state index is 0.0129. The van der Waals surface area contributed by atoms with Crippen LogP contribution in [0.15, 0.2) is 41.1 Å². The van der Waals surface area contributed by atoms with E-state index in [9.17, 15) is 9.90 Å². The predicted octanol–water partition coefficient (Wildman–Crippen LogP) is 6.50. The monoisotopic (exact) mass is 619 g/mol. The Kier molecular flexibility index (Phi) is 9.17. The molecule has 6 rings (SSSR count). The number of allylic oxidation sites excluding steroid dienone is 2. The molecule has 1 aliphatic heterocycles. The number of rotatable bonds is 8. The summed E-state index contributed by atoms with van der Waals surface area (Å²) in [7, 11) is 3.91. The van der Waals surface area contributed by atoms with Gasteiger partial charge >= 0.3 is 0 Å². The molecule has 4 fully saturated rings. The molecule has 7 heteroatoms. The molecule has 0 unspecified atom stereocenters. The van der Waals surface area contributed by atoms with Crippen LogP contribution in [0, 0.1) is 34.5 Å². The van der Waals surface area contributed by atoms with Crippen molar-refractivity contribution in [2.24, 2.45) is 39.7 Å². The zero-order valence-electron chi connectivity index (χ0n) is 28.6. The van der Waals surface area contributed by atoms with E-state index in [0.29, 0.717) is 30.3 Å². The molecule has 4 aliphatic carbocycles. The van der Waals surface area contributed by atoms with Crippen LogP contribution in [0.2, 0.25) is 0 Å². The number of piperidine rings is 1. The van der Waals surface area contributed by atoms with Crippen molar-refractivity contribution in [2.75, 3.05) is 33.9 Å². The zero-order valence-corrected chi connectivity index (χ0v) is 28.6. The highest BCUT2D eigenvalue weighted by atomic mass is 16.6. The first-order chi connectivity index (χ1) is 21.5. The van der Waals surface area contributed by atoms with E-state index >= 15 is 0 Å². The number of aliphatic hydroxyl groups excluding tert-OH is 1. The molecule has 1 heterocycles. The molecule has 0 spiro atoms. The maximum absolute atomic E-state index is 12.9. The number of aliphatic hydroxyl groups is 1. The molecule has 5 aliphatic rings. The van der Waals surface area contributed by atoms with Gasteiger partial charge in [-0.15, -0.1) is 0 Å². The lowest BCUT2D eigenvalue weighted by atomic mass is 9.47. The molecule has 0 aromatic heterocycles. The molecule has 0 radical (unpaired) electrons. The summed E-state index contributed by atoms with van der Waals surface area (Å²) in [5.74, 6) is 3.30. The molecule has 1 saturated heterocycles. The van der Waals surface area contributed by atoms with Crippen molar-refractivity contribution in [3.63, 3.8) is 0 Å². The number of ether oxygens (including phenoxy) is 1. The minimum Gasteiger partial charge on any atom is -0.497 e. The topological polar surface area (TPSA) is 83.4 Å². The molecule has 7 nitrogen and oxygen atoms in total. The number of carbonyl (C=O) groups excluding carboxylic acids is 1. The van der Waals surface area contributed by atoms with Gasteiger partial charge in [0.2, 0.25) is 0 Å². The van der Waals surface area contributed by atoms with Crippen LogP contribution in [0.3, 0.4) is 0 Å². The molecule has 248 valence electrons. The van der Waals surface area contributed by atoms with E-state index in [0.717, 1.165) is 68.9 Å². The second-order valence-electron chi connectivity index (χ2n) is 15.9. The van der Waals surface area contributed by atoms with Gasteiger partial charge in [0.05, 0.1) is 18.9 Å². The number of amides is 1. The van der Waals surface area contributed by atoms with Crippen molar-refractivity contribution >= 4 is 11.6 Å². The number of oxime groups is 1. The van der Waals surface area contributed by atoms with Gasteiger partial charge in [-0.05, 0) is 136 Å². The fourth-order valence-corrected chi connectivity index (χ4v) is 10.8. The Bertz CT molecular complexity index is 1290. The molecule has 1 aromatic rings. The third kappa shape index (κ3) is 5.86. The van der Waals surface area contributed by atoms with Crippen LogP contribution in [-0.4, -0.2) is 67.6 Å². The summed E-state index contributed by atoms with van der Waals surface area (Å²) in [6.45, 7) is 11.1. The maximum Gasteiger partial charge on any atom is 0.260 e. The Hall–Kier alpha value is -2.38. The Labute approximate surface area is 271 Å². The van der Waals surface area contributed by atoms with E-state index < -0.39 is 0 Å². The third-order valence-corrected chi connectivity index (χ3v) is 13.8. The molecular formula is C38H57N3O4. The predicted molar refractivity (Wildman–Crippen MR) is 179 cm³/mol. The highest BCUT2D eigenvalue weighted by molar-refractivity contribution is 5.96.